The lowest BCUT2D eigenvalue weighted by Gasteiger charge is -2.05. The maximum Gasteiger partial charge on any atom is 0.0995 e. The molecule has 0 fully saturated rings. The maximum atomic E-state index is 8.51. The Hall–Kier alpha value is -0.340. The van der Waals surface area contributed by atoms with Gasteiger partial charge in [-0.15, -0.1) is 0 Å². The highest BCUT2D eigenvalue weighted by molar-refractivity contribution is 4.99. The van der Waals surface area contributed by atoms with E-state index >= 15 is 0 Å². The summed E-state index contributed by atoms with van der Waals surface area (Å²) < 4.78 is 5.15. The van der Waals surface area contributed by atoms with Crippen LogP contribution < -0.4 is 0 Å². The lowest BCUT2D eigenvalue weighted by atomic mass is 10.3. The first-order valence-electron chi connectivity index (χ1n) is 2.77. The van der Waals surface area contributed by atoms with Crippen LogP contribution in [0.1, 0.15) is 6.92 Å². The van der Waals surface area contributed by atoms with Crippen molar-refractivity contribution in [2.24, 2.45) is 0 Å². The quantitative estimate of drug-likeness (QED) is 0.497. The average Bonchev–Trinajstić information content (AvgIpc) is 2.14. The van der Waals surface area contributed by atoms with Crippen LogP contribution in [-0.4, -0.2) is 23.9 Å². The lowest BCUT2D eigenvalue weighted by Crippen LogP contribution is -2.12. The zero-order valence-electron chi connectivity index (χ0n) is 4.87. The minimum absolute atomic E-state index is 0.0509. The molecule has 46 valence electrons. The Morgan fingerprint density at radius 1 is 1.62 bits per heavy atom. The summed E-state index contributed by atoms with van der Waals surface area (Å²) in [6.07, 6.45) is 3.96. The van der Waals surface area contributed by atoms with Crippen LogP contribution in [0, 0.1) is 0 Å². The van der Waals surface area contributed by atoms with E-state index in [1.165, 1.54) is 0 Å². The molecule has 0 spiro atoms. The van der Waals surface area contributed by atoms with Crippen LogP contribution in [0.3, 0.4) is 0 Å². The van der Waals surface area contributed by atoms with Crippen molar-refractivity contribution in [3.05, 3.63) is 12.2 Å². The van der Waals surface area contributed by atoms with Gasteiger partial charge in [0.15, 0.2) is 0 Å². The summed E-state index contributed by atoms with van der Waals surface area (Å²) in [5, 5.41) is 8.51. The largest absolute Gasteiger partial charge is 0.393 e. The van der Waals surface area contributed by atoms with Crippen molar-refractivity contribution in [2.45, 2.75) is 19.1 Å². The second-order valence-corrected chi connectivity index (χ2v) is 1.95. The molecule has 8 heavy (non-hydrogen) atoms. The number of aliphatic hydroxyl groups excluding tert-OH is 1. The smallest absolute Gasteiger partial charge is 0.0995 e. The highest BCUT2D eigenvalue weighted by atomic mass is 16.5. The summed E-state index contributed by atoms with van der Waals surface area (Å²) in [7, 11) is 0. The van der Waals surface area contributed by atoms with Gasteiger partial charge in [0.05, 0.1) is 18.8 Å². The SMILES string of the molecule is CC1C=C[C@@H](CO)O1. The fourth-order valence-electron chi connectivity index (χ4n) is 0.751. The molecule has 0 bridgehead atoms. The number of hydrogen-bond donors (Lipinski definition) is 1. The predicted molar refractivity (Wildman–Crippen MR) is 30.6 cm³/mol. The van der Waals surface area contributed by atoms with Gasteiger partial charge >= 0.3 is 0 Å². The Labute approximate surface area is 48.8 Å². The van der Waals surface area contributed by atoms with E-state index in [4.69, 9.17) is 9.84 Å². The third-order valence-corrected chi connectivity index (χ3v) is 1.17. The van der Waals surface area contributed by atoms with Gasteiger partial charge < -0.3 is 9.84 Å². The minimum Gasteiger partial charge on any atom is -0.393 e. The average molecular weight is 114 g/mol. The predicted octanol–water partition coefficient (Wildman–Crippen LogP) is 0.322. The van der Waals surface area contributed by atoms with Gasteiger partial charge in [-0.25, -0.2) is 0 Å². The molecule has 0 saturated carbocycles. The first-order chi connectivity index (χ1) is 3.83. The number of rotatable bonds is 1. The van der Waals surface area contributed by atoms with E-state index in [-0.39, 0.29) is 18.8 Å². The molecule has 1 aliphatic rings. The molecular formula is C6H10O2. The van der Waals surface area contributed by atoms with E-state index in [2.05, 4.69) is 0 Å². The Morgan fingerprint density at radius 3 is 2.62 bits per heavy atom. The molecule has 0 amide bonds. The molecule has 0 radical (unpaired) electrons. The molecule has 1 heterocycles. The molecule has 2 heteroatoms. The van der Waals surface area contributed by atoms with Gasteiger partial charge in [0.25, 0.3) is 0 Å². The molecule has 0 aromatic rings. The van der Waals surface area contributed by atoms with Gasteiger partial charge in [-0.3, -0.25) is 0 Å². The molecule has 1 rings (SSSR count). The Balaban J connectivity index is 2.34. The van der Waals surface area contributed by atoms with Crippen LogP contribution >= 0.6 is 0 Å². The highest BCUT2D eigenvalue weighted by Gasteiger charge is 2.12. The van der Waals surface area contributed by atoms with Crippen molar-refractivity contribution in [3.8, 4) is 0 Å². The van der Waals surface area contributed by atoms with Crippen LogP contribution in [0.25, 0.3) is 0 Å². The van der Waals surface area contributed by atoms with E-state index in [9.17, 15) is 0 Å². The van der Waals surface area contributed by atoms with E-state index in [1.807, 2.05) is 19.1 Å². The van der Waals surface area contributed by atoms with Crippen LogP contribution in [0.5, 0.6) is 0 Å². The number of aliphatic hydroxyl groups is 1. The molecule has 1 N–H and O–H groups in total. The summed E-state index contributed by atoms with van der Waals surface area (Å²) in [6.45, 7) is 2.05. The normalized spacial score (nSPS) is 36.2. The van der Waals surface area contributed by atoms with Crippen molar-refractivity contribution >= 4 is 0 Å². The van der Waals surface area contributed by atoms with Gasteiger partial charge in [0.2, 0.25) is 0 Å². The highest BCUT2D eigenvalue weighted by Crippen LogP contribution is 2.08. The van der Waals surface area contributed by atoms with Gasteiger partial charge in [0, 0.05) is 0 Å². The first kappa shape index (κ1) is 5.79. The topological polar surface area (TPSA) is 29.5 Å². The summed E-state index contributed by atoms with van der Waals surface area (Å²) in [4.78, 5) is 0. The van der Waals surface area contributed by atoms with Gasteiger partial charge in [-0.2, -0.15) is 0 Å². The maximum absolute atomic E-state index is 8.51. The molecule has 0 aromatic carbocycles. The number of hydrogen-bond acceptors (Lipinski definition) is 2. The van der Waals surface area contributed by atoms with Crippen LogP contribution in [0.2, 0.25) is 0 Å². The van der Waals surface area contributed by atoms with E-state index in [1.54, 1.807) is 0 Å². The number of ether oxygens (including phenoxy) is 1. The monoisotopic (exact) mass is 114 g/mol. The molecule has 0 aliphatic carbocycles. The molecule has 0 saturated heterocycles. The fourth-order valence-corrected chi connectivity index (χ4v) is 0.751. The second kappa shape index (κ2) is 2.29. The van der Waals surface area contributed by atoms with Crippen molar-refractivity contribution in [3.63, 3.8) is 0 Å². The third kappa shape index (κ3) is 1.08. The molecular weight excluding hydrogens is 104 g/mol. The molecule has 1 aliphatic heterocycles. The van der Waals surface area contributed by atoms with E-state index < -0.39 is 0 Å². The third-order valence-electron chi connectivity index (χ3n) is 1.17. The van der Waals surface area contributed by atoms with Crippen molar-refractivity contribution in [1.82, 2.24) is 0 Å². The Kier molecular flexibility index (Phi) is 1.65. The van der Waals surface area contributed by atoms with Crippen LogP contribution in [0.4, 0.5) is 0 Å². The molecule has 1 unspecified atom stereocenters. The summed E-state index contributed by atoms with van der Waals surface area (Å²) in [5.74, 6) is 0. The first-order valence-corrected chi connectivity index (χ1v) is 2.77. The zero-order chi connectivity index (χ0) is 5.98. The van der Waals surface area contributed by atoms with Gasteiger partial charge in [-0.1, -0.05) is 12.2 Å². The fraction of sp³-hybridized carbons (Fsp3) is 0.667. The van der Waals surface area contributed by atoms with Crippen molar-refractivity contribution in [1.29, 1.82) is 0 Å². The zero-order valence-corrected chi connectivity index (χ0v) is 4.87. The summed E-state index contributed by atoms with van der Waals surface area (Å²) in [6, 6.07) is 0. The molecule has 2 nitrogen and oxygen atoms in total. The van der Waals surface area contributed by atoms with Crippen molar-refractivity contribution < 1.29 is 9.84 Å². The molecule has 0 aromatic heterocycles. The second-order valence-electron chi connectivity index (χ2n) is 1.95. The Morgan fingerprint density at radius 2 is 2.38 bits per heavy atom. The van der Waals surface area contributed by atoms with Crippen LogP contribution in [0.15, 0.2) is 12.2 Å². The van der Waals surface area contributed by atoms with Gasteiger partial charge in [0.1, 0.15) is 0 Å². The lowest BCUT2D eigenvalue weighted by molar-refractivity contribution is 0.0340. The van der Waals surface area contributed by atoms with E-state index in [0.717, 1.165) is 0 Å². The summed E-state index contributed by atoms with van der Waals surface area (Å²) >= 11 is 0. The van der Waals surface area contributed by atoms with Crippen molar-refractivity contribution in [2.75, 3.05) is 6.61 Å². The van der Waals surface area contributed by atoms with Gasteiger partial charge in [-0.05, 0) is 6.92 Å². The van der Waals surface area contributed by atoms with Crippen LogP contribution in [-0.2, 0) is 4.74 Å². The Bertz CT molecular complexity index is 98.7. The summed E-state index contributed by atoms with van der Waals surface area (Å²) in [5.41, 5.74) is 0. The standard InChI is InChI=1S/C6H10O2/c1-5-2-3-6(4-7)8-5/h2-3,5-7H,4H2,1H3/t5?,6-/m0/s1. The molecule has 2 atom stereocenters. The minimum atomic E-state index is -0.0509. The van der Waals surface area contributed by atoms with E-state index in [0.29, 0.717) is 0 Å².